The van der Waals surface area contributed by atoms with Crippen molar-refractivity contribution in [3.63, 3.8) is 0 Å². The fourth-order valence-electron chi connectivity index (χ4n) is 7.01. The van der Waals surface area contributed by atoms with E-state index in [4.69, 9.17) is 4.99 Å². The molecule has 12 heteroatoms. The summed E-state index contributed by atoms with van der Waals surface area (Å²) in [5.74, 6) is 0. The average Bonchev–Trinajstić information content (AvgIpc) is 4.21. The molecule has 11 aromatic rings. The number of nitrogens with zero attached hydrogens (tertiary/aromatic N) is 7. The molecule has 0 bridgehead atoms. The van der Waals surface area contributed by atoms with Crippen LogP contribution in [0.2, 0.25) is 0 Å². The van der Waals surface area contributed by atoms with E-state index in [1.807, 2.05) is 131 Å². The molecule has 0 saturated carbocycles. The van der Waals surface area contributed by atoms with E-state index in [-0.39, 0.29) is 19.5 Å². The minimum absolute atomic E-state index is 0. The van der Waals surface area contributed by atoms with Gasteiger partial charge in [0.05, 0.1) is 45.2 Å². The van der Waals surface area contributed by atoms with E-state index in [0.29, 0.717) is 0 Å². The quantitative estimate of drug-likeness (QED) is 0.122. The Morgan fingerprint density at radius 3 is 1.23 bits per heavy atom. The van der Waals surface area contributed by atoms with Gasteiger partial charge in [0, 0.05) is 108 Å². The standard InChI is InChI=1S/C30H17N3S4.2C10H8N2.Ru/c1-4-17-19-16-20(33-28(19)18-5-2-14-32-30(18)29(17)31-13-1)21-7-8-24(35-21)25-11-12-27(37-25)26-10-9-23(36-26)22-6-3-15-34-22;2*1-3-7-11-9(5-1)10-6-2-4-8-12-10;/h1-15H,16H2;2*1-8H;. The van der Waals surface area contributed by atoms with Crippen molar-refractivity contribution >= 4 is 78.6 Å². The van der Waals surface area contributed by atoms with Crippen LogP contribution in [-0.2, 0) is 25.9 Å². The number of pyridine rings is 6. The van der Waals surface area contributed by atoms with Crippen LogP contribution in [0.4, 0.5) is 5.69 Å². The first-order chi connectivity index (χ1) is 30.2. The summed E-state index contributed by atoms with van der Waals surface area (Å²) in [5.41, 5.74) is 8.98. The Morgan fingerprint density at radius 1 is 0.355 bits per heavy atom. The molecule has 0 radical (unpaired) electrons. The van der Waals surface area contributed by atoms with E-state index < -0.39 is 0 Å². The zero-order chi connectivity index (χ0) is 40.8. The van der Waals surface area contributed by atoms with Crippen LogP contribution in [0.3, 0.4) is 0 Å². The van der Waals surface area contributed by atoms with Gasteiger partial charge in [-0.25, -0.2) is 0 Å². The first kappa shape index (κ1) is 41.1. The fourth-order valence-corrected chi connectivity index (χ4v) is 11.0. The van der Waals surface area contributed by atoms with Crippen LogP contribution in [0.1, 0.15) is 10.4 Å². The van der Waals surface area contributed by atoms with Crippen molar-refractivity contribution in [2.75, 3.05) is 0 Å². The summed E-state index contributed by atoms with van der Waals surface area (Å²) in [4.78, 5) is 40.3. The number of fused-ring (bicyclic) bond motifs is 6. The summed E-state index contributed by atoms with van der Waals surface area (Å²) in [6.45, 7) is 0. The molecule has 10 aromatic heterocycles. The van der Waals surface area contributed by atoms with Crippen LogP contribution >= 0.6 is 45.3 Å². The van der Waals surface area contributed by atoms with Gasteiger partial charge in [-0.1, -0.05) is 36.4 Å². The largest absolute Gasteiger partial charge is 0.255 e. The molecule has 0 aliphatic carbocycles. The molecule has 1 aliphatic rings. The second-order valence-corrected chi connectivity index (χ2v) is 17.9. The van der Waals surface area contributed by atoms with E-state index in [2.05, 4.69) is 95.9 Å². The van der Waals surface area contributed by atoms with E-state index in [9.17, 15) is 0 Å². The van der Waals surface area contributed by atoms with E-state index in [1.165, 1.54) is 39.7 Å². The Kier molecular flexibility index (Phi) is 12.7. The Bertz CT molecular complexity index is 3070. The van der Waals surface area contributed by atoms with Crippen molar-refractivity contribution in [1.29, 1.82) is 0 Å². The molecule has 62 heavy (non-hydrogen) atoms. The van der Waals surface area contributed by atoms with Gasteiger partial charge in [-0.3, -0.25) is 34.9 Å². The third kappa shape index (κ3) is 8.88. The molecule has 11 heterocycles. The van der Waals surface area contributed by atoms with Crippen molar-refractivity contribution in [2.24, 2.45) is 4.99 Å². The van der Waals surface area contributed by atoms with Gasteiger partial charge in [-0.15, -0.1) is 45.3 Å². The predicted molar refractivity (Wildman–Crippen MR) is 256 cm³/mol. The molecule has 0 saturated heterocycles. The number of rotatable bonds is 6. The molecule has 0 amide bonds. The molecule has 12 rings (SSSR count). The number of thiophene rings is 4. The van der Waals surface area contributed by atoms with Gasteiger partial charge in [0.2, 0.25) is 0 Å². The molecule has 1 aliphatic heterocycles. The summed E-state index contributed by atoms with van der Waals surface area (Å²) in [5, 5.41) is 4.37. The van der Waals surface area contributed by atoms with Gasteiger partial charge < -0.3 is 0 Å². The van der Waals surface area contributed by atoms with Crippen LogP contribution in [-0.4, -0.2) is 35.6 Å². The second-order valence-electron chi connectivity index (χ2n) is 13.7. The molecule has 1 aromatic carbocycles. The molecule has 0 unspecified atom stereocenters. The smallest absolute Gasteiger partial charge is 0.0986 e. The number of aliphatic imine (C=N–C) groups is 1. The van der Waals surface area contributed by atoms with Crippen LogP contribution in [0, 0.1) is 0 Å². The molecule has 0 fully saturated rings. The van der Waals surface area contributed by atoms with E-state index in [1.54, 1.807) is 36.1 Å². The van der Waals surface area contributed by atoms with E-state index in [0.717, 1.165) is 62.4 Å². The van der Waals surface area contributed by atoms with Crippen molar-refractivity contribution in [3.8, 4) is 52.0 Å². The Morgan fingerprint density at radius 2 is 0.774 bits per heavy atom. The number of benzene rings is 1. The molecule has 0 atom stereocenters. The average molecular weight is 961 g/mol. The van der Waals surface area contributed by atoms with Gasteiger partial charge >= 0.3 is 0 Å². The third-order valence-electron chi connectivity index (χ3n) is 9.83. The number of aromatic nitrogens is 6. The van der Waals surface area contributed by atoms with Crippen LogP contribution in [0.5, 0.6) is 0 Å². The molecular formula is C50H33N7RuS4. The van der Waals surface area contributed by atoms with Crippen LogP contribution < -0.4 is 0 Å². The maximum Gasteiger partial charge on any atom is 0.0986 e. The Labute approximate surface area is 387 Å². The fraction of sp³-hybridized carbons (Fsp3) is 0.0200. The van der Waals surface area contributed by atoms with E-state index >= 15 is 0 Å². The SMILES string of the molecule is [Ru].c1ccc(-c2ccccn2)nc1.c1ccc(-c2ccccn2)nc1.c1csc(-c2ccc(-c3ccc(-c4ccc(C5=Nc6c(c7cccnc7c7ncccc67)C5)s4)s3)s2)c1. The van der Waals surface area contributed by atoms with Gasteiger partial charge in [-0.2, -0.15) is 0 Å². The number of hydrogen-bond acceptors (Lipinski definition) is 11. The minimum Gasteiger partial charge on any atom is -0.255 e. The minimum atomic E-state index is 0. The maximum atomic E-state index is 5.15. The summed E-state index contributed by atoms with van der Waals surface area (Å²) in [7, 11) is 0. The van der Waals surface area contributed by atoms with Crippen molar-refractivity contribution in [3.05, 3.63) is 199 Å². The predicted octanol–water partition coefficient (Wildman–Crippen LogP) is 14.0. The van der Waals surface area contributed by atoms with Gasteiger partial charge in [-0.05, 0) is 120 Å². The summed E-state index contributed by atoms with van der Waals surface area (Å²) < 4.78 is 0. The first-order valence-corrected chi connectivity index (χ1v) is 22.8. The van der Waals surface area contributed by atoms with Crippen molar-refractivity contribution in [2.45, 2.75) is 6.42 Å². The Balaban J connectivity index is 0.000000160. The van der Waals surface area contributed by atoms with Crippen molar-refractivity contribution in [1.82, 2.24) is 29.9 Å². The monoisotopic (exact) mass is 961 g/mol. The summed E-state index contributed by atoms with van der Waals surface area (Å²) >= 11 is 7.36. The van der Waals surface area contributed by atoms with Gasteiger partial charge in [0.1, 0.15) is 0 Å². The summed E-state index contributed by atoms with van der Waals surface area (Å²) in [6.07, 6.45) is 11.6. The maximum absolute atomic E-state index is 5.15. The van der Waals surface area contributed by atoms with Crippen LogP contribution in [0.25, 0.3) is 73.8 Å². The molecule has 300 valence electrons. The second kappa shape index (κ2) is 19.2. The Hall–Kier alpha value is -6.27. The molecule has 7 nitrogen and oxygen atoms in total. The zero-order valence-electron chi connectivity index (χ0n) is 32.7. The normalized spacial score (nSPS) is 11.5. The summed E-state index contributed by atoms with van der Waals surface area (Å²) in [6, 6.07) is 49.2. The topological polar surface area (TPSA) is 89.7 Å². The van der Waals surface area contributed by atoms with Gasteiger partial charge in [0.25, 0.3) is 0 Å². The first-order valence-electron chi connectivity index (χ1n) is 19.5. The zero-order valence-corrected chi connectivity index (χ0v) is 37.7. The third-order valence-corrected chi connectivity index (χ3v) is 14.6. The molecular weight excluding hydrogens is 928 g/mol. The van der Waals surface area contributed by atoms with Gasteiger partial charge in [0.15, 0.2) is 0 Å². The molecule has 0 N–H and O–H groups in total. The van der Waals surface area contributed by atoms with Crippen LogP contribution in [0.15, 0.2) is 193 Å². The molecule has 0 spiro atoms. The van der Waals surface area contributed by atoms with Crippen molar-refractivity contribution < 1.29 is 19.5 Å². The number of hydrogen-bond donors (Lipinski definition) is 0.